The Bertz CT molecular complexity index is 336. The smallest absolute Gasteiger partial charge is 0.0408 e. The molecule has 1 atom stereocenters. The van der Waals surface area contributed by atoms with Gasteiger partial charge in [0.1, 0.15) is 0 Å². The van der Waals surface area contributed by atoms with Crippen LogP contribution in [-0.2, 0) is 6.42 Å². The van der Waals surface area contributed by atoms with E-state index >= 15 is 0 Å². The van der Waals surface area contributed by atoms with E-state index < -0.39 is 0 Å². The van der Waals surface area contributed by atoms with Crippen LogP contribution in [0, 0.1) is 5.92 Å². The molecule has 0 heterocycles. The molecule has 1 nitrogen and oxygen atoms in total. The molecule has 2 heteroatoms. The van der Waals surface area contributed by atoms with Crippen LogP contribution in [0.1, 0.15) is 45.6 Å². The van der Waals surface area contributed by atoms with Gasteiger partial charge in [-0.05, 0) is 55.8 Å². The van der Waals surface area contributed by atoms with Crippen LogP contribution in [0.4, 0.5) is 0 Å². The monoisotopic (exact) mass is 267 g/mol. The lowest BCUT2D eigenvalue weighted by molar-refractivity contribution is 0.370. The Kier molecular flexibility index (Phi) is 7.38. The van der Waals surface area contributed by atoms with Crippen LogP contribution in [0.2, 0.25) is 5.02 Å². The van der Waals surface area contributed by atoms with E-state index in [2.05, 4.69) is 38.2 Å². The Morgan fingerprint density at radius 2 is 2.06 bits per heavy atom. The van der Waals surface area contributed by atoms with Gasteiger partial charge in [0.2, 0.25) is 0 Å². The lowest BCUT2D eigenvalue weighted by Crippen LogP contribution is -2.34. The topological polar surface area (TPSA) is 12.0 Å². The number of aryl methyl sites for hydroxylation is 1. The van der Waals surface area contributed by atoms with Gasteiger partial charge in [0, 0.05) is 11.1 Å². The SMILES string of the molecule is CCCNC(CCCc1cccc(Cl)c1)C(C)C. The number of rotatable bonds is 8. The Morgan fingerprint density at radius 3 is 2.67 bits per heavy atom. The quantitative estimate of drug-likeness (QED) is 0.721. The van der Waals surface area contributed by atoms with Gasteiger partial charge in [-0.3, -0.25) is 0 Å². The van der Waals surface area contributed by atoms with Gasteiger partial charge in [0.25, 0.3) is 0 Å². The first-order valence-electron chi connectivity index (χ1n) is 7.11. The van der Waals surface area contributed by atoms with Crippen LogP contribution >= 0.6 is 11.6 Å². The lowest BCUT2D eigenvalue weighted by atomic mass is 9.96. The van der Waals surface area contributed by atoms with Crippen LogP contribution in [0.25, 0.3) is 0 Å². The van der Waals surface area contributed by atoms with Crippen molar-refractivity contribution in [2.45, 2.75) is 52.5 Å². The van der Waals surface area contributed by atoms with Crippen LogP contribution < -0.4 is 5.32 Å². The van der Waals surface area contributed by atoms with Crippen molar-refractivity contribution in [3.8, 4) is 0 Å². The molecule has 1 unspecified atom stereocenters. The molecule has 0 spiro atoms. The fourth-order valence-electron chi connectivity index (χ4n) is 2.22. The molecule has 0 radical (unpaired) electrons. The molecule has 1 N–H and O–H groups in total. The number of hydrogen-bond donors (Lipinski definition) is 1. The summed E-state index contributed by atoms with van der Waals surface area (Å²) in [5.41, 5.74) is 1.35. The van der Waals surface area contributed by atoms with Gasteiger partial charge in [-0.25, -0.2) is 0 Å². The highest BCUT2D eigenvalue weighted by Crippen LogP contribution is 2.15. The van der Waals surface area contributed by atoms with E-state index in [1.165, 1.54) is 24.8 Å². The average Bonchev–Trinajstić information content (AvgIpc) is 2.33. The fraction of sp³-hybridized carbons (Fsp3) is 0.625. The van der Waals surface area contributed by atoms with Crippen molar-refractivity contribution in [2.24, 2.45) is 5.92 Å². The summed E-state index contributed by atoms with van der Waals surface area (Å²) in [6, 6.07) is 8.85. The second-order valence-electron chi connectivity index (χ2n) is 5.33. The summed E-state index contributed by atoms with van der Waals surface area (Å²) in [5, 5.41) is 4.48. The molecule has 0 aliphatic carbocycles. The molecule has 1 aromatic rings. The summed E-state index contributed by atoms with van der Waals surface area (Å²) < 4.78 is 0. The molecule has 0 saturated carbocycles. The molecule has 0 aromatic heterocycles. The average molecular weight is 268 g/mol. The third-order valence-corrected chi connectivity index (χ3v) is 3.57. The second kappa shape index (κ2) is 8.55. The summed E-state index contributed by atoms with van der Waals surface area (Å²) in [6.07, 6.45) is 4.79. The predicted octanol–water partition coefficient (Wildman–Crippen LogP) is 4.69. The van der Waals surface area contributed by atoms with Gasteiger partial charge in [-0.1, -0.05) is 44.5 Å². The largest absolute Gasteiger partial charge is 0.314 e. The van der Waals surface area contributed by atoms with Crippen molar-refractivity contribution in [3.63, 3.8) is 0 Å². The first kappa shape index (κ1) is 15.5. The molecular formula is C16H26ClN. The van der Waals surface area contributed by atoms with Crippen LogP contribution in [0.15, 0.2) is 24.3 Å². The maximum absolute atomic E-state index is 5.99. The van der Waals surface area contributed by atoms with Crippen molar-refractivity contribution in [1.29, 1.82) is 0 Å². The molecule has 0 aliphatic heterocycles. The van der Waals surface area contributed by atoms with Crippen molar-refractivity contribution < 1.29 is 0 Å². The van der Waals surface area contributed by atoms with Crippen molar-refractivity contribution in [1.82, 2.24) is 5.32 Å². The molecule has 1 aromatic carbocycles. The van der Waals surface area contributed by atoms with E-state index in [0.717, 1.165) is 18.0 Å². The third-order valence-electron chi connectivity index (χ3n) is 3.33. The molecule has 1 rings (SSSR count). The second-order valence-corrected chi connectivity index (χ2v) is 5.76. The molecular weight excluding hydrogens is 242 g/mol. The minimum atomic E-state index is 0.643. The first-order valence-corrected chi connectivity index (χ1v) is 7.49. The zero-order valence-electron chi connectivity index (χ0n) is 11.9. The summed E-state index contributed by atoms with van der Waals surface area (Å²) in [5.74, 6) is 0.705. The fourth-order valence-corrected chi connectivity index (χ4v) is 2.43. The Morgan fingerprint density at radius 1 is 1.28 bits per heavy atom. The first-order chi connectivity index (χ1) is 8.63. The van der Waals surface area contributed by atoms with E-state index in [0.29, 0.717) is 12.0 Å². The van der Waals surface area contributed by atoms with E-state index in [4.69, 9.17) is 11.6 Å². The van der Waals surface area contributed by atoms with Gasteiger partial charge in [0.15, 0.2) is 0 Å². The zero-order chi connectivity index (χ0) is 13.4. The van der Waals surface area contributed by atoms with Gasteiger partial charge in [-0.2, -0.15) is 0 Å². The summed E-state index contributed by atoms with van der Waals surface area (Å²) in [4.78, 5) is 0. The number of halogens is 1. The Hall–Kier alpha value is -0.530. The maximum Gasteiger partial charge on any atom is 0.0408 e. The highest BCUT2D eigenvalue weighted by atomic mass is 35.5. The maximum atomic E-state index is 5.99. The summed E-state index contributed by atoms with van der Waals surface area (Å²) in [6.45, 7) is 7.94. The summed E-state index contributed by atoms with van der Waals surface area (Å²) >= 11 is 5.99. The zero-order valence-corrected chi connectivity index (χ0v) is 12.6. The van der Waals surface area contributed by atoms with Crippen molar-refractivity contribution >= 4 is 11.6 Å². The standard InChI is InChI=1S/C16H26ClN/c1-4-11-18-16(13(2)3)10-6-8-14-7-5-9-15(17)12-14/h5,7,9,12-13,16,18H,4,6,8,10-11H2,1-3H3. The van der Waals surface area contributed by atoms with Crippen molar-refractivity contribution in [2.75, 3.05) is 6.54 Å². The van der Waals surface area contributed by atoms with E-state index in [1.54, 1.807) is 0 Å². The highest BCUT2D eigenvalue weighted by Gasteiger charge is 2.11. The lowest BCUT2D eigenvalue weighted by Gasteiger charge is -2.22. The molecule has 18 heavy (non-hydrogen) atoms. The Balaban J connectivity index is 2.34. The van der Waals surface area contributed by atoms with Gasteiger partial charge < -0.3 is 5.32 Å². The predicted molar refractivity (Wildman–Crippen MR) is 81.3 cm³/mol. The van der Waals surface area contributed by atoms with Gasteiger partial charge >= 0.3 is 0 Å². The van der Waals surface area contributed by atoms with Crippen LogP contribution in [-0.4, -0.2) is 12.6 Å². The van der Waals surface area contributed by atoms with Gasteiger partial charge in [-0.15, -0.1) is 0 Å². The molecule has 0 bridgehead atoms. The Labute approximate surface area is 117 Å². The number of benzene rings is 1. The van der Waals surface area contributed by atoms with Crippen LogP contribution in [0.3, 0.4) is 0 Å². The number of hydrogen-bond acceptors (Lipinski definition) is 1. The highest BCUT2D eigenvalue weighted by molar-refractivity contribution is 6.30. The minimum absolute atomic E-state index is 0.643. The van der Waals surface area contributed by atoms with E-state index in [-0.39, 0.29) is 0 Å². The molecule has 0 amide bonds. The summed E-state index contributed by atoms with van der Waals surface area (Å²) in [7, 11) is 0. The van der Waals surface area contributed by atoms with E-state index in [1.807, 2.05) is 12.1 Å². The van der Waals surface area contributed by atoms with Crippen LogP contribution in [0.5, 0.6) is 0 Å². The molecule has 0 fully saturated rings. The molecule has 0 aliphatic rings. The third kappa shape index (κ3) is 5.88. The minimum Gasteiger partial charge on any atom is -0.314 e. The normalized spacial score (nSPS) is 12.9. The van der Waals surface area contributed by atoms with E-state index in [9.17, 15) is 0 Å². The number of nitrogens with one attached hydrogen (secondary N) is 1. The molecule has 102 valence electrons. The molecule has 0 saturated heterocycles. The van der Waals surface area contributed by atoms with Gasteiger partial charge in [0.05, 0.1) is 0 Å². The van der Waals surface area contributed by atoms with Crippen molar-refractivity contribution in [3.05, 3.63) is 34.9 Å².